The summed E-state index contributed by atoms with van der Waals surface area (Å²) in [4.78, 5) is 0. The number of benzene rings is 2. The molecule has 19 heavy (non-hydrogen) atoms. The van der Waals surface area contributed by atoms with Crippen LogP contribution in [0.25, 0.3) is 0 Å². The van der Waals surface area contributed by atoms with Crippen molar-refractivity contribution in [2.45, 2.75) is 13.5 Å². The van der Waals surface area contributed by atoms with E-state index in [1.54, 1.807) is 6.92 Å². The summed E-state index contributed by atoms with van der Waals surface area (Å²) < 4.78 is 19.4. The lowest BCUT2D eigenvalue weighted by Crippen LogP contribution is -2.33. The van der Waals surface area contributed by atoms with Gasteiger partial charge >= 0.3 is 7.12 Å². The van der Waals surface area contributed by atoms with Gasteiger partial charge in [0.2, 0.25) is 0 Å². The molecule has 0 aliphatic carbocycles. The highest BCUT2D eigenvalue weighted by Gasteiger charge is 2.20. The summed E-state index contributed by atoms with van der Waals surface area (Å²) in [5.74, 6) is -0.719. The highest BCUT2D eigenvalue weighted by Crippen LogP contribution is 2.18. The first-order valence-electron chi connectivity index (χ1n) is 5.91. The predicted molar refractivity (Wildman–Crippen MR) is 71.7 cm³/mol. The molecule has 98 valence electrons. The molecular formula is C14H14BFO3. The molecule has 0 aromatic heterocycles. The van der Waals surface area contributed by atoms with E-state index in [9.17, 15) is 4.39 Å². The van der Waals surface area contributed by atoms with Crippen molar-refractivity contribution in [3.8, 4) is 5.75 Å². The summed E-state index contributed by atoms with van der Waals surface area (Å²) in [5.41, 5.74) is 1.44. The molecule has 0 atom stereocenters. The highest BCUT2D eigenvalue weighted by atomic mass is 19.1. The largest absolute Gasteiger partial charge is 0.491 e. The van der Waals surface area contributed by atoms with Crippen molar-refractivity contribution in [1.82, 2.24) is 0 Å². The van der Waals surface area contributed by atoms with Crippen LogP contribution in [-0.2, 0) is 6.61 Å². The smallest absolute Gasteiger partial charge is 0.486 e. The molecule has 2 rings (SSSR count). The van der Waals surface area contributed by atoms with Gasteiger partial charge in [0, 0.05) is 5.46 Å². The molecule has 2 N–H and O–H groups in total. The van der Waals surface area contributed by atoms with Gasteiger partial charge in [0.05, 0.1) is 0 Å². The minimum absolute atomic E-state index is 0.0203. The molecule has 0 amide bonds. The van der Waals surface area contributed by atoms with Gasteiger partial charge in [-0.1, -0.05) is 36.4 Å². The molecule has 0 unspecified atom stereocenters. The highest BCUT2D eigenvalue weighted by molar-refractivity contribution is 6.58. The third-order valence-electron chi connectivity index (χ3n) is 2.73. The lowest BCUT2D eigenvalue weighted by molar-refractivity contribution is 0.290. The van der Waals surface area contributed by atoms with E-state index in [-0.39, 0.29) is 17.8 Å². The van der Waals surface area contributed by atoms with Gasteiger partial charge in [-0.3, -0.25) is 0 Å². The summed E-state index contributed by atoms with van der Waals surface area (Å²) in [6.07, 6.45) is 0. The van der Waals surface area contributed by atoms with Crippen LogP contribution in [0.2, 0.25) is 0 Å². The Morgan fingerprint density at radius 1 is 1.16 bits per heavy atom. The minimum atomic E-state index is -1.85. The molecule has 0 saturated carbocycles. The van der Waals surface area contributed by atoms with Crippen LogP contribution in [0, 0.1) is 12.7 Å². The zero-order chi connectivity index (χ0) is 13.8. The lowest BCUT2D eigenvalue weighted by atomic mass is 9.79. The second kappa shape index (κ2) is 5.86. The number of aryl methyl sites for hydroxylation is 1. The van der Waals surface area contributed by atoms with Gasteiger partial charge in [0.15, 0.2) is 11.6 Å². The molecule has 0 aliphatic rings. The molecular weight excluding hydrogens is 246 g/mol. The Morgan fingerprint density at radius 2 is 1.84 bits per heavy atom. The average Bonchev–Trinajstić information content (AvgIpc) is 2.40. The van der Waals surface area contributed by atoms with Gasteiger partial charge in [-0.05, 0) is 24.1 Å². The Balaban J connectivity index is 2.21. The van der Waals surface area contributed by atoms with Gasteiger partial charge in [-0.2, -0.15) is 0 Å². The van der Waals surface area contributed by atoms with E-state index in [0.29, 0.717) is 5.56 Å². The van der Waals surface area contributed by atoms with E-state index in [0.717, 1.165) is 5.56 Å². The Bertz CT molecular complexity index is 558. The van der Waals surface area contributed by atoms with E-state index in [2.05, 4.69) is 0 Å². The Hall–Kier alpha value is -1.85. The molecule has 0 aliphatic heterocycles. The molecule has 0 saturated heterocycles. The molecule has 0 radical (unpaired) electrons. The van der Waals surface area contributed by atoms with Crippen LogP contribution in [0.15, 0.2) is 42.5 Å². The average molecular weight is 260 g/mol. The topological polar surface area (TPSA) is 49.7 Å². The van der Waals surface area contributed by atoms with Crippen molar-refractivity contribution in [3.05, 3.63) is 59.4 Å². The zero-order valence-corrected chi connectivity index (χ0v) is 10.5. The summed E-state index contributed by atoms with van der Waals surface area (Å²) in [5, 5.41) is 18.2. The first-order valence-corrected chi connectivity index (χ1v) is 5.91. The van der Waals surface area contributed by atoms with Crippen molar-refractivity contribution in [2.75, 3.05) is 0 Å². The lowest BCUT2D eigenvalue weighted by Gasteiger charge is -2.11. The maximum atomic E-state index is 14.0. The van der Waals surface area contributed by atoms with Crippen molar-refractivity contribution in [1.29, 1.82) is 0 Å². The van der Waals surface area contributed by atoms with Crippen LogP contribution < -0.4 is 10.2 Å². The third kappa shape index (κ3) is 3.33. The van der Waals surface area contributed by atoms with E-state index in [1.165, 1.54) is 12.1 Å². The molecule has 2 aromatic rings. The van der Waals surface area contributed by atoms with Crippen molar-refractivity contribution in [2.24, 2.45) is 0 Å². The number of ether oxygens (including phenoxy) is 1. The van der Waals surface area contributed by atoms with E-state index in [1.807, 2.05) is 30.3 Å². The standard InChI is InChI=1S/C14H14BFO3/c1-10-7-12(15(17)18)14(16)13(8-10)19-9-11-5-3-2-4-6-11/h2-8,17-18H,9H2,1H3. The Labute approximate surface area is 111 Å². The van der Waals surface area contributed by atoms with Crippen LogP contribution in [-0.4, -0.2) is 17.2 Å². The normalized spacial score (nSPS) is 10.3. The van der Waals surface area contributed by atoms with Crippen molar-refractivity contribution >= 4 is 12.6 Å². The Kier molecular flexibility index (Phi) is 4.19. The number of rotatable bonds is 4. The summed E-state index contributed by atoms with van der Waals surface area (Å²) >= 11 is 0. The Morgan fingerprint density at radius 3 is 2.47 bits per heavy atom. The second-order valence-corrected chi connectivity index (χ2v) is 4.31. The second-order valence-electron chi connectivity index (χ2n) is 4.31. The fourth-order valence-electron chi connectivity index (χ4n) is 1.79. The van der Waals surface area contributed by atoms with Gasteiger partial charge < -0.3 is 14.8 Å². The first-order chi connectivity index (χ1) is 9.08. The van der Waals surface area contributed by atoms with Crippen LogP contribution in [0.3, 0.4) is 0 Å². The zero-order valence-electron chi connectivity index (χ0n) is 10.5. The van der Waals surface area contributed by atoms with E-state index in [4.69, 9.17) is 14.8 Å². The summed E-state index contributed by atoms with van der Waals surface area (Å²) in [6, 6.07) is 12.3. The van der Waals surface area contributed by atoms with E-state index >= 15 is 0 Å². The third-order valence-corrected chi connectivity index (χ3v) is 2.73. The number of hydrogen-bond acceptors (Lipinski definition) is 3. The molecule has 0 heterocycles. The number of halogens is 1. The van der Waals surface area contributed by atoms with Crippen molar-refractivity contribution in [3.63, 3.8) is 0 Å². The van der Waals surface area contributed by atoms with Crippen LogP contribution in [0.5, 0.6) is 5.75 Å². The SMILES string of the molecule is Cc1cc(OCc2ccccc2)c(F)c(B(O)O)c1. The van der Waals surface area contributed by atoms with E-state index < -0.39 is 12.9 Å². The van der Waals surface area contributed by atoms with Gasteiger partial charge in [-0.25, -0.2) is 4.39 Å². The maximum absolute atomic E-state index is 14.0. The molecule has 2 aromatic carbocycles. The predicted octanol–water partition coefficient (Wildman–Crippen LogP) is 1.39. The van der Waals surface area contributed by atoms with Crippen LogP contribution in [0.4, 0.5) is 4.39 Å². The van der Waals surface area contributed by atoms with Gasteiger partial charge in [0.1, 0.15) is 6.61 Å². The van der Waals surface area contributed by atoms with Crippen molar-refractivity contribution < 1.29 is 19.2 Å². The van der Waals surface area contributed by atoms with Gasteiger partial charge in [-0.15, -0.1) is 0 Å². The quantitative estimate of drug-likeness (QED) is 0.817. The van der Waals surface area contributed by atoms with Crippen LogP contribution >= 0.6 is 0 Å². The maximum Gasteiger partial charge on any atom is 0.491 e. The molecule has 5 heteroatoms. The molecule has 3 nitrogen and oxygen atoms in total. The fraction of sp³-hybridized carbons (Fsp3) is 0.143. The van der Waals surface area contributed by atoms with Gasteiger partial charge in [0.25, 0.3) is 0 Å². The molecule has 0 bridgehead atoms. The molecule has 0 spiro atoms. The number of hydrogen-bond donors (Lipinski definition) is 2. The summed E-state index contributed by atoms with van der Waals surface area (Å²) in [7, 11) is -1.85. The monoisotopic (exact) mass is 260 g/mol. The van der Waals surface area contributed by atoms with Crippen LogP contribution in [0.1, 0.15) is 11.1 Å². The minimum Gasteiger partial charge on any atom is -0.486 e. The molecule has 0 fully saturated rings. The summed E-state index contributed by atoms with van der Waals surface area (Å²) in [6.45, 7) is 1.96. The first kappa shape index (κ1) is 13.6. The fourth-order valence-corrected chi connectivity index (χ4v) is 1.79.